The van der Waals surface area contributed by atoms with Crippen molar-refractivity contribution in [1.82, 2.24) is 4.90 Å². The largest absolute Gasteiger partial charge is 0.341 e. The van der Waals surface area contributed by atoms with Crippen LogP contribution in [0.2, 0.25) is 0 Å². The molecule has 0 aromatic heterocycles. The minimum atomic E-state index is -0.829. The van der Waals surface area contributed by atoms with Gasteiger partial charge in [-0.2, -0.15) is 0 Å². The van der Waals surface area contributed by atoms with Crippen LogP contribution in [0.1, 0.15) is 23.2 Å². The molecule has 0 heterocycles. The van der Waals surface area contributed by atoms with E-state index in [9.17, 15) is 13.6 Å². The van der Waals surface area contributed by atoms with E-state index < -0.39 is 23.1 Å². The number of carbonyl (C=O) groups excluding carboxylic acids is 1. The molecule has 0 N–H and O–H groups in total. The van der Waals surface area contributed by atoms with E-state index in [2.05, 4.69) is 15.9 Å². The van der Waals surface area contributed by atoms with Crippen molar-refractivity contribution in [3.8, 4) is 0 Å². The van der Waals surface area contributed by atoms with E-state index in [0.29, 0.717) is 12.5 Å². The summed E-state index contributed by atoms with van der Waals surface area (Å²) in [4.78, 5) is 13.3. The molecule has 0 spiro atoms. The minimum absolute atomic E-state index is 0.286. The number of hydrogen-bond acceptors (Lipinski definition) is 1. The van der Waals surface area contributed by atoms with Crippen LogP contribution in [0.3, 0.4) is 0 Å². The summed E-state index contributed by atoms with van der Waals surface area (Å²) in [6.45, 7) is 0.563. The molecule has 0 bridgehead atoms. The number of carbonyl (C=O) groups is 1. The fraction of sp³-hybridized carbons (Fsp3) is 0.417. The molecule has 2 rings (SSSR count). The molecule has 0 radical (unpaired) electrons. The van der Waals surface area contributed by atoms with E-state index in [0.717, 1.165) is 25.0 Å². The van der Waals surface area contributed by atoms with E-state index in [1.165, 1.54) is 4.90 Å². The Morgan fingerprint density at radius 1 is 1.41 bits per heavy atom. The average molecular weight is 304 g/mol. The van der Waals surface area contributed by atoms with Crippen LogP contribution in [0.5, 0.6) is 0 Å². The zero-order chi connectivity index (χ0) is 12.6. The van der Waals surface area contributed by atoms with Crippen molar-refractivity contribution in [2.24, 2.45) is 5.92 Å². The maximum absolute atomic E-state index is 13.6. The highest BCUT2D eigenvalue weighted by atomic mass is 79.9. The molecule has 1 aliphatic carbocycles. The SMILES string of the molecule is CN(CC1CC1)C(=O)c1c(F)cc(Br)cc1F. The van der Waals surface area contributed by atoms with E-state index in [1.54, 1.807) is 7.05 Å². The molecule has 0 unspecified atom stereocenters. The van der Waals surface area contributed by atoms with Gasteiger partial charge in [0.05, 0.1) is 0 Å². The number of amides is 1. The summed E-state index contributed by atoms with van der Waals surface area (Å²) in [6, 6.07) is 2.20. The highest BCUT2D eigenvalue weighted by Gasteiger charge is 2.27. The summed E-state index contributed by atoms with van der Waals surface area (Å²) in [5.74, 6) is -1.76. The van der Waals surface area contributed by atoms with E-state index in [1.807, 2.05) is 0 Å². The molecule has 0 saturated heterocycles. The third-order valence-electron chi connectivity index (χ3n) is 2.80. The number of nitrogens with zero attached hydrogens (tertiary/aromatic N) is 1. The van der Waals surface area contributed by atoms with E-state index >= 15 is 0 Å². The second kappa shape index (κ2) is 4.72. The number of hydrogen-bond donors (Lipinski definition) is 0. The first-order valence-corrected chi connectivity index (χ1v) is 6.18. The van der Waals surface area contributed by atoms with Gasteiger partial charge >= 0.3 is 0 Å². The van der Waals surface area contributed by atoms with Gasteiger partial charge in [-0.15, -0.1) is 0 Å². The highest BCUT2D eigenvalue weighted by Crippen LogP contribution is 2.30. The Balaban J connectivity index is 2.23. The van der Waals surface area contributed by atoms with Gasteiger partial charge in [0, 0.05) is 18.1 Å². The van der Waals surface area contributed by atoms with Crippen molar-refractivity contribution in [2.75, 3.05) is 13.6 Å². The maximum atomic E-state index is 13.6. The third kappa shape index (κ3) is 2.83. The van der Waals surface area contributed by atoms with Gasteiger partial charge in [-0.3, -0.25) is 4.79 Å². The molecular formula is C12H12BrF2NO. The monoisotopic (exact) mass is 303 g/mol. The molecule has 92 valence electrons. The first-order chi connectivity index (χ1) is 7.99. The van der Waals surface area contributed by atoms with Crippen molar-refractivity contribution in [1.29, 1.82) is 0 Å². The first-order valence-electron chi connectivity index (χ1n) is 5.39. The molecular weight excluding hydrogens is 292 g/mol. The quantitative estimate of drug-likeness (QED) is 0.839. The van der Waals surface area contributed by atoms with Crippen LogP contribution < -0.4 is 0 Å². The molecule has 2 nitrogen and oxygen atoms in total. The fourth-order valence-electron chi connectivity index (χ4n) is 1.71. The first kappa shape index (κ1) is 12.5. The number of rotatable bonds is 3. The zero-order valence-electron chi connectivity index (χ0n) is 9.34. The van der Waals surface area contributed by atoms with Crippen molar-refractivity contribution >= 4 is 21.8 Å². The van der Waals surface area contributed by atoms with Crippen LogP contribution in [0.15, 0.2) is 16.6 Å². The van der Waals surface area contributed by atoms with Crippen LogP contribution in [-0.4, -0.2) is 24.4 Å². The maximum Gasteiger partial charge on any atom is 0.259 e. The van der Waals surface area contributed by atoms with Crippen LogP contribution in [0.25, 0.3) is 0 Å². The molecule has 1 saturated carbocycles. The molecule has 1 aromatic rings. The van der Waals surface area contributed by atoms with Crippen molar-refractivity contribution in [3.63, 3.8) is 0 Å². The molecule has 0 aliphatic heterocycles. The van der Waals surface area contributed by atoms with Gasteiger partial charge < -0.3 is 4.90 Å². The van der Waals surface area contributed by atoms with Gasteiger partial charge in [0.25, 0.3) is 5.91 Å². The highest BCUT2D eigenvalue weighted by molar-refractivity contribution is 9.10. The minimum Gasteiger partial charge on any atom is -0.341 e. The second-order valence-electron chi connectivity index (χ2n) is 4.37. The number of benzene rings is 1. The van der Waals surface area contributed by atoms with Crippen LogP contribution >= 0.6 is 15.9 Å². The van der Waals surface area contributed by atoms with Crippen molar-refractivity contribution in [2.45, 2.75) is 12.8 Å². The topological polar surface area (TPSA) is 20.3 Å². The summed E-state index contributed by atoms with van der Waals surface area (Å²) in [6.07, 6.45) is 2.17. The smallest absolute Gasteiger partial charge is 0.259 e. The third-order valence-corrected chi connectivity index (χ3v) is 3.25. The van der Waals surface area contributed by atoms with Crippen LogP contribution in [0.4, 0.5) is 8.78 Å². The summed E-state index contributed by atoms with van der Waals surface area (Å²) < 4.78 is 27.4. The van der Waals surface area contributed by atoms with Gasteiger partial charge in [-0.25, -0.2) is 8.78 Å². The lowest BCUT2D eigenvalue weighted by Crippen LogP contribution is -2.30. The molecule has 1 aliphatic rings. The second-order valence-corrected chi connectivity index (χ2v) is 5.29. The molecule has 0 atom stereocenters. The van der Waals surface area contributed by atoms with Crippen LogP contribution in [-0.2, 0) is 0 Å². The lowest BCUT2D eigenvalue weighted by molar-refractivity contribution is 0.0779. The summed E-state index contributed by atoms with van der Waals surface area (Å²) in [5, 5.41) is 0. The summed E-state index contributed by atoms with van der Waals surface area (Å²) in [5.41, 5.74) is -0.476. The van der Waals surface area contributed by atoms with Gasteiger partial charge in [0.2, 0.25) is 0 Å². The Morgan fingerprint density at radius 2 is 1.94 bits per heavy atom. The predicted molar refractivity (Wildman–Crippen MR) is 63.7 cm³/mol. The normalized spacial score (nSPS) is 14.8. The molecule has 1 aromatic carbocycles. The van der Waals surface area contributed by atoms with Gasteiger partial charge in [0.15, 0.2) is 0 Å². The van der Waals surface area contributed by atoms with Crippen molar-refractivity contribution < 1.29 is 13.6 Å². The van der Waals surface area contributed by atoms with E-state index in [4.69, 9.17) is 0 Å². The Hall–Kier alpha value is -0.970. The number of halogens is 3. The van der Waals surface area contributed by atoms with Crippen molar-refractivity contribution in [3.05, 3.63) is 33.8 Å². The Bertz CT molecular complexity index is 437. The summed E-state index contributed by atoms with van der Waals surface area (Å²) in [7, 11) is 1.57. The standard InChI is InChI=1S/C12H12BrF2NO/c1-16(6-7-2-3-7)12(17)11-9(14)4-8(13)5-10(11)15/h4-5,7H,2-3,6H2,1H3. The lowest BCUT2D eigenvalue weighted by Gasteiger charge is -2.17. The van der Waals surface area contributed by atoms with Gasteiger partial charge in [-0.1, -0.05) is 15.9 Å². The zero-order valence-corrected chi connectivity index (χ0v) is 10.9. The summed E-state index contributed by atoms with van der Waals surface area (Å²) >= 11 is 2.98. The van der Waals surface area contributed by atoms with Crippen LogP contribution in [0, 0.1) is 17.6 Å². The van der Waals surface area contributed by atoms with Gasteiger partial charge in [-0.05, 0) is 30.9 Å². The molecule has 1 amide bonds. The lowest BCUT2D eigenvalue weighted by atomic mass is 10.1. The van der Waals surface area contributed by atoms with Gasteiger partial charge in [0.1, 0.15) is 17.2 Å². The predicted octanol–water partition coefficient (Wildman–Crippen LogP) is 3.21. The Labute approximate surface area is 107 Å². The Morgan fingerprint density at radius 3 is 2.41 bits per heavy atom. The fourth-order valence-corrected chi connectivity index (χ4v) is 2.11. The van der Waals surface area contributed by atoms with E-state index in [-0.39, 0.29) is 4.47 Å². The average Bonchev–Trinajstić information content (AvgIpc) is 2.99. The molecule has 17 heavy (non-hydrogen) atoms. The Kier molecular flexibility index (Phi) is 3.47. The molecule has 5 heteroatoms. The molecule has 1 fully saturated rings.